The fraction of sp³-hybridized carbons (Fsp3) is 0.467. The zero-order valence-corrected chi connectivity index (χ0v) is 11.4. The van der Waals surface area contributed by atoms with Gasteiger partial charge in [-0.25, -0.2) is 0 Å². The molecule has 0 spiro atoms. The van der Waals surface area contributed by atoms with E-state index in [1.807, 2.05) is 11.3 Å². The average molecular weight is 245 g/mol. The monoisotopic (exact) mass is 245 g/mol. The summed E-state index contributed by atoms with van der Waals surface area (Å²) in [4.78, 5) is 1.54. The van der Waals surface area contributed by atoms with E-state index in [1.54, 1.807) is 10.4 Å². The van der Waals surface area contributed by atoms with Gasteiger partial charge in [0.1, 0.15) is 0 Å². The van der Waals surface area contributed by atoms with Crippen LogP contribution in [0.1, 0.15) is 35.8 Å². The van der Waals surface area contributed by atoms with Crippen LogP contribution in [0.25, 0.3) is 10.1 Å². The Kier molecular flexibility index (Phi) is 2.93. The van der Waals surface area contributed by atoms with Crippen molar-refractivity contribution in [3.63, 3.8) is 0 Å². The molecule has 1 aromatic heterocycles. The molecule has 2 heteroatoms. The Balaban J connectivity index is 1.97. The average Bonchev–Trinajstić information content (AvgIpc) is 3.08. The van der Waals surface area contributed by atoms with Crippen LogP contribution in [0.2, 0.25) is 0 Å². The summed E-state index contributed by atoms with van der Waals surface area (Å²) >= 11 is 1.96. The highest BCUT2D eigenvalue weighted by Gasteiger charge is 2.21. The molecular formula is C15H19NS. The van der Waals surface area contributed by atoms with Gasteiger partial charge >= 0.3 is 0 Å². The Morgan fingerprint density at radius 2 is 2.18 bits per heavy atom. The second-order valence-electron chi connectivity index (χ2n) is 5.01. The minimum Gasteiger partial charge on any atom is -0.309 e. The van der Waals surface area contributed by atoms with E-state index in [0.717, 1.165) is 19.0 Å². The van der Waals surface area contributed by atoms with Crippen LogP contribution in [-0.2, 0) is 13.0 Å². The van der Waals surface area contributed by atoms with Crippen molar-refractivity contribution in [2.24, 2.45) is 0 Å². The minimum absolute atomic E-state index is 0.798. The molecule has 17 heavy (non-hydrogen) atoms. The van der Waals surface area contributed by atoms with Crippen molar-refractivity contribution < 1.29 is 0 Å². The number of hydrogen-bond acceptors (Lipinski definition) is 2. The number of hydrogen-bond donors (Lipinski definition) is 1. The van der Waals surface area contributed by atoms with Crippen molar-refractivity contribution in [1.29, 1.82) is 0 Å². The summed E-state index contributed by atoms with van der Waals surface area (Å²) in [5, 5.41) is 5.11. The molecule has 1 heterocycles. The van der Waals surface area contributed by atoms with Gasteiger partial charge in [-0.05, 0) is 43.2 Å². The molecule has 0 saturated heterocycles. The fourth-order valence-electron chi connectivity index (χ4n) is 2.37. The maximum absolute atomic E-state index is 3.63. The highest BCUT2D eigenvalue weighted by atomic mass is 32.1. The number of benzene rings is 1. The lowest BCUT2D eigenvalue weighted by Gasteiger charge is -2.03. The summed E-state index contributed by atoms with van der Waals surface area (Å²) in [5.41, 5.74) is 2.92. The molecule has 2 aromatic rings. The molecule has 1 fully saturated rings. The minimum atomic E-state index is 0.798. The molecule has 1 aliphatic carbocycles. The highest BCUT2D eigenvalue weighted by molar-refractivity contribution is 7.19. The second-order valence-corrected chi connectivity index (χ2v) is 6.15. The van der Waals surface area contributed by atoms with Gasteiger partial charge in [-0.2, -0.15) is 0 Å². The highest BCUT2D eigenvalue weighted by Crippen LogP contribution is 2.33. The zero-order valence-electron chi connectivity index (χ0n) is 10.5. The quantitative estimate of drug-likeness (QED) is 0.857. The van der Waals surface area contributed by atoms with Gasteiger partial charge < -0.3 is 5.32 Å². The molecule has 3 rings (SSSR count). The largest absolute Gasteiger partial charge is 0.309 e. The van der Waals surface area contributed by atoms with Crippen LogP contribution < -0.4 is 5.32 Å². The molecule has 0 unspecified atom stereocenters. The topological polar surface area (TPSA) is 12.0 Å². The molecule has 0 radical (unpaired) electrons. The summed E-state index contributed by atoms with van der Waals surface area (Å²) in [6.07, 6.45) is 3.88. The molecule has 1 N–H and O–H groups in total. The van der Waals surface area contributed by atoms with E-state index < -0.39 is 0 Å². The van der Waals surface area contributed by atoms with E-state index in [4.69, 9.17) is 0 Å². The van der Waals surface area contributed by atoms with E-state index in [2.05, 4.69) is 37.4 Å². The SMILES string of the molecule is CCc1c(CNC2CC2)sc2ccc(C)cc12. The lowest BCUT2D eigenvalue weighted by atomic mass is 10.1. The van der Waals surface area contributed by atoms with E-state index in [9.17, 15) is 0 Å². The molecule has 1 aliphatic rings. The van der Waals surface area contributed by atoms with Crippen LogP contribution in [-0.4, -0.2) is 6.04 Å². The molecule has 0 bridgehead atoms. The van der Waals surface area contributed by atoms with Gasteiger partial charge in [-0.1, -0.05) is 24.6 Å². The first-order valence-electron chi connectivity index (χ1n) is 6.52. The van der Waals surface area contributed by atoms with Crippen molar-refractivity contribution >= 4 is 21.4 Å². The van der Waals surface area contributed by atoms with E-state index >= 15 is 0 Å². The fourth-order valence-corrected chi connectivity index (χ4v) is 3.59. The van der Waals surface area contributed by atoms with Crippen LogP contribution in [0.4, 0.5) is 0 Å². The van der Waals surface area contributed by atoms with Gasteiger partial charge in [0.2, 0.25) is 0 Å². The summed E-state index contributed by atoms with van der Waals surface area (Å²) in [6, 6.07) is 7.63. The second kappa shape index (κ2) is 4.43. The van der Waals surface area contributed by atoms with Crippen LogP contribution >= 0.6 is 11.3 Å². The summed E-state index contributed by atoms with van der Waals surface area (Å²) in [6.45, 7) is 5.51. The third-order valence-electron chi connectivity index (χ3n) is 3.51. The Labute approximate surface area is 107 Å². The van der Waals surface area contributed by atoms with Gasteiger partial charge in [-0.15, -0.1) is 11.3 Å². The molecule has 1 nitrogen and oxygen atoms in total. The lowest BCUT2D eigenvalue weighted by Crippen LogP contribution is -2.15. The predicted octanol–water partition coefficient (Wildman–Crippen LogP) is 4.02. The van der Waals surface area contributed by atoms with Crippen molar-refractivity contribution in [2.45, 2.75) is 45.7 Å². The Morgan fingerprint density at radius 3 is 2.88 bits per heavy atom. The Hall–Kier alpha value is -0.860. The number of rotatable bonds is 4. The van der Waals surface area contributed by atoms with Gasteiger partial charge in [0.25, 0.3) is 0 Å². The molecule has 0 amide bonds. The normalized spacial score (nSPS) is 15.6. The zero-order chi connectivity index (χ0) is 11.8. The first kappa shape index (κ1) is 11.2. The number of fused-ring (bicyclic) bond motifs is 1. The molecule has 0 atom stereocenters. The Bertz CT molecular complexity index is 537. The summed E-state index contributed by atoms with van der Waals surface area (Å²) < 4.78 is 1.44. The van der Waals surface area contributed by atoms with Gasteiger partial charge in [0, 0.05) is 22.2 Å². The van der Waals surface area contributed by atoms with Crippen LogP contribution in [0.15, 0.2) is 18.2 Å². The standard InChI is InChI=1S/C15H19NS/c1-3-12-13-8-10(2)4-7-14(13)17-15(12)9-16-11-5-6-11/h4,7-8,11,16H,3,5-6,9H2,1-2H3. The maximum Gasteiger partial charge on any atom is 0.0349 e. The van der Waals surface area contributed by atoms with Crippen LogP contribution in [0, 0.1) is 6.92 Å². The summed E-state index contributed by atoms with van der Waals surface area (Å²) in [7, 11) is 0. The number of thiophene rings is 1. The number of aryl methyl sites for hydroxylation is 2. The van der Waals surface area contributed by atoms with E-state index in [0.29, 0.717) is 0 Å². The lowest BCUT2D eigenvalue weighted by molar-refractivity contribution is 0.692. The molecular weight excluding hydrogens is 226 g/mol. The van der Waals surface area contributed by atoms with E-state index in [1.165, 1.54) is 28.5 Å². The summed E-state index contributed by atoms with van der Waals surface area (Å²) in [5.74, 6) is 0. The van der Waals surface area contributed by atoms with Crippen molar-refractivity contribution in [3.05, 3.63) is 34.2 Å². The van der Waals surface area contributed by atoms with Gasteiger partial charge in [0.15, 0.2) is 0 Å². The van der Waals surface area contributed by atoms with E-state index in [-0.39, 0.29) is 0 Å². The van der Waals surface area contributed by atoms with Crippen molar-refractivity contribution in [2.75, 3.05) is 0 Å². The van der Waals surface area contributed by atoms with Gasteiger partial charge in [0.05, 0.1) is 0 Å². The van der Waals surface area contributed by atoms with Gasteiger partial charge in [-0.3, -0.25) is 0 Å². The Morgan fingerprint density at radius 1 is 1.35 bits per heavy atom. The van der Waals surface area contributed by atoms with Crippen LogP contribution in [0.5, 0.6) is 0 Å². The molecule has 1 aromatic carbocycles. The third-order valence-corrected chi connectivity index (χ3v) is 4.73. The molecule has 0 aliphatic heterocycles. The first-order valence-corrected chi connectivity index (χ1v) is 7.34. The van der Waals surface area contributed by atoms with Crippen LogP contribution in [0.3, 0.4) is 0 Å². The maximum atomic E-state index is 3.63. The van der Waals surface area contributed by atoms with Crippen molar-refractivity contribution in [3.8, 4) is 0 Å². The smallest absolute Gasteiger partial charge is 0.0349 e. The molecule has 90 valence electrons. The first-order chi connectivity index (χ1) is 8.28. The molecule has 1 saturated carbocycles. The third kappa shape index (κ3) is 2.24. The van der Waals surface area contributed by atoms with Crippen molar-refractivity contribution in [1.82, 2.24) is 5.32 Å². The predicted molar refractivity (Wildman–Crippen MR) is 75.8 cm³/mol. The number of nitrogens with one attached hydrogen (secondary N) is 1.